The second kappa shape index (κ2) is 7.87. The van der Waals surface area contributed by atoms with Crippen LogP contribution < -0.4 is 11.3 Å². The van der Waals surface area contributed by atoms with Crippen LogP contribution in [-0.4, -0.2) is 35.5 Å². The zero-order valence-corrected chi connectivity index (χ0v) is 19.8. The van der Waals surface area contributed by atoms with Gasteiger partial charge in [0.25, 0.3) is 5.56 Å². The van der Waals surface area contributed by atoms with E-state index < -0.39 is 17.9 Å². The Kier molecular flexibility index (Phi) is 4.68. The number of allylic oxidation sites excluding steroid dienone is 1. The first-order valence-corrected chi connectivity index (χ1v) is 11.9. The molecule has 37 heavy (non-hydrogen) atoms. The van der Waals surface area contributed by atoms with Crippen molar-refractivity contribution in [2.75, 3.05) is 5.73 Å². The molecular weight excluding hydrogens is 502 g/mol. The summed E-state index contributed by atoms with van der Waals surface area (Å²) in [6.07, 6.45) is 2.42. The fourth-order valence-corrected chi connectivity index (χ4v) is 5.75. The number of hydrogen-bond donors (Lipinski definition) is 1. The molecule has 184 valence electrons. The van der Waals surface area contributed by atoms with Crippen molar-refractivity contribution in [1.82, 2.24) is 29.8 Å². The van der Waals surface area contributed by atoms with Crippen molar-refractivity contribution < 1.29 is 8.78 Å². The van der Waals surface area contributed by atoms with E-state index in [0.717, 1.165) is 12.1 Å². The first-order valence-electron chi connectivity index (χ1n) is 11.6. The van der Waals surface area contributed by atoms with Gasteiger partial charge >= 0.3 is 0 Å². The van der Waals surface area contributed by atoms with Crippen LogP contribution >= 0.6 is 11.6 Å². The van der Waals surface area contributed by atoms with Crippen molar-refractivity contribution in [3.63, 3.8) is 0 Å². The van der Waals surface area contributed by atoms with Crippen molar-refractivity contribution >= 4 is 28.7 Å². The summed E-state index contributed by atoms with van der Waals surface area (Å²) < 4.78 is 32.5. The van der Waals surface area contributed by atoms with Crippen LogP contribution in [-0.2, 0) is 0 Å². The Morgan fingerprint density at radius 3 is 2.73 bits per heavy atom. The molecule has 2 N–H and O–H groups in total. The number of aliphatic imine (C=N–C) groups is 1. The number of aromatic nitrogens is 6. The van der Waals surface area contributed by atoms with Crippen LogP contribution in [0.15, 0.2) is 64.5 Å². The summed E-state index contributed by atoms with van der Waals surface area (Å²) in [5.74, 6) is -1.32. The van der Waals surface area contributed by atoms with Crippen LogP contribution in [0.3, 0.4) is 0 Å². The van der Waals surface area contributed by atoms with E-state index in [4.69, 9.17) is 17.3 Å². The lowest BCUT2D eigenvalue weighted by Crippen LogP contribution is -2.29. The maximum atomic E-state index is 14.9. The second-order valence-corrected chi connectivity index (χ2v) is 9.80. The quantitative estimate of drug-likeness (QED) is 0.321. The molecule has 2 aliphatic heterocycles. The van der Waals surface area contributed by atoms with E-state index in [0.29, 0.717) is 27.5 Å². The number of rotatable bonds is 4. The largest absolute Gasteiger partial charge is 0.384 e. The van der Waals surface area contributed by atoms with Gasteiger partial charge in [-0.05, 0) is 64.7 Å². The monoisotopic (exact) mass is 518 g/mol. The van der Waals surface area contributed by atoms with Gasteiger partial charge in [-0.2, -0.15) is 13.5 Å². The number of fused-ring (bicyclic) bond motifs is 3. The summed E-state index contributed by atoms with van der Waals surface area (Å²) in [7, 11) is 0. The van der Waals surface area contributed by atoms with E-state index in [9.17, 15) is 13.6 Å². The average molecular weight is 519 g/mol. The van der Waals surface area contributed by atoms with Gasteiger partial charge in [0.1, 0.15) is 12.1 Å². The van der Waals surface area contributed by atoms with Crippen molar-refractivity contribution in [3.05, 3.63) is 87.3 Å². The highest BCUT2D eigenvalue weighted by molar-refractivity contribution is 6.31. The molecule has 1 aliphatic carbocycles. The van der Waals surface area contributed by atoms with E-state index in [1.807, 2.05) is 6.07 Å². The van der Waals surface area contributed by atoms with Gasteiger partial charge in [-0.15, -0.1) is 5.10 Å². The molecule has 0 unspecified atom stereocenters. The first kappa shape index (κ1) is 22.0. The molecule has 1 fully saturated rings. The lowest BCUT2D eigenvalue weighted by molar-refractivity contribution is 0.578. The normalized spacial score (nSPS) is 21.7. The van der Waals surface area contributed by atoms with E-state index in [1.54, 1.807) is 22.8 Å². The Balaban J connectivity index is 1.27. The maximum Gasteiger partial charge on any atom is 0.251 e. The topological polar surface area (TPSA) is 117 Å². The number of benzene rings is 1. The molecule has 12 heteroatoms. The Labute approximate surface area is 212 Å². The van der Waals surface area contributed by atoms with E-state index in [2.05, 4.69) is 25.5 Å². The fourth-order valence-electron chi connectivity index (χ4n) is 5.58. The lowest BCUT2D eigenvalue weighted by atomic mass is 9.98. The highest BCUT2D eigenvalue weighted by atomic mass is 35.5. The SMILES string of the molecule is Nc1ccc(C2=C(F)N=C([C@@H]3[C@H]4C[C@H]4c4cc(-c5cc(Cl)ccc5-n5cnnn5)cc(=O)n43)C2)c(F)n1. The minimum atomic E-state index is -0.848. The molecule has 0 radical (unpaired) electrons. The zero-order valence-electron chi connectivity index (χ0n) is 19.0. The molecule has 1 aromatic carbocycles. The highest BCUT2D eigenvalue weighted by Gasteiger charge is 2.55. The molecular formula is C25H17ClF2N8O. The molecule has 4 aromatic rings. The molecule has 7 rings (SSSR count). The number of anilines is 1. The number of halogens is 3. The smallest absolute Gasteiger partial charge is 0.251 e. The highest BCUT2D eigenvalue weighted by Crippen LogP contribution is 2.60. The van der Waals surface area contributed by atoms with E-state index in [-0.39, 0.29) is 40.8 Å². The third-order valence-corrected chi connectivity index (χ3v) is 7.49. The number of nitrogens with zero attached hydrogens (tertiary/aromatic N) is 7. The van der Waals surface area contributed by atoms with Crippen molar-refractivity contribution in [2.45, 2.75) is 24.8 Å². The Morgan fingerprint density at radius 1 is 1.08 bits per heavy atom. The van der Waals surface area contributed by atoms with E-state index >= 15 is 0 Å². The summed E-state index contributed by atoms with van der Waals surface area (Å²) in [5.41, 5.74) is 8.87. The molecule has 5 heterocycles. The van der Waals surface area contributed by atoms with Gasteiger partial charge in [-0.25, -0.2) is 9.98 Å². The number of pyridine rings is 2. The summed E-state index contributed by atoms with van der Waals surface area (Å²) in [6.45, 7) is 0. The van der Waals surface area contributed by atoms with Crippen molar-refractivity contribution in [3.8, 4) is 16.8 Å². The van der Waals surface area contributed by atoms with Gasteiger partial charge in [0.05, 0.1) is 11.7 Å². The number of nitrogen functional groups attached to an aromatic ring is 1. The van der Waals surface area contributed by atoms with Gasteiger partial charge < -0.3 is 10.3 Å². The summed E-state index contributed by atoms with van der Waals surface area (Å²) in [6, 6.07) is 11.2. The minimum Gasteiger partial charge on any atom is -0.384 e. The molecule has 0 saturated heterocycles. The average Bonchev–Trinajstić information content (AvgIpc) is 3.17. The molecule has 3 aliphatic rings. The Bertz CT molecular complexity index is 1730. The van der Waals surface area contributed by atoms with Crippen molar-refractivity contribution in [1.29, 1.82) is 0 Å². The molecule has 3 aromatic heterocycles. The van der Waals surface area contributed by atoms with Gasteiger partial charge in [0.2, 0.25) is 11.9 Å². The lowest BCUT2D eigenvalue weighted by Gasteiger charge is -2.20. The first-order chi connectivity index (χ1) is 17.9. The number of nitrogens with two attached hydrogens (primary N) is 1. The molecule has 9 nitrogen and oxygen atoms in total. The van der Waals surface area contributed by atoms with Gasteiger partial charge in [0.15, 0.2) is 0 Å². The van der Waals surface area contributed by atoms with Crippen LogP contribution in [0.1, 0.15) is 36.1 Å². The molecule has 0 bridgehead atoms. The Hall–Kier alpha value is -4.25. The van der Waals surface area contributed by atoms with Crippen LogP contribution in [0.2, 0.25) is 5.02 Å². The van der Waals surface area contributed by atoms with Gasteiger partial charge in [0, 0.05) is 51.5 Å². The Morgan fingerprint density at radius 2 is 1.95 bits per heavy atom. The summed E-state index contributed by atoms with van der Waals surface area (Å²) >= 11 is 6.29. The van der Waals surface area contributed by atoms with Gasteiger partial charge in [-0.1, -0.05) is 11.6 Å². The van der Waals surface area contributed by atoms with Crippen molar-refractivity contribution in [2.24, 2.45) is 10.9 Å². The zero-order chi connectivity index (χ0) is 25.4. The van der Waals surface area contributed by atoms with Crippen LogP contribution in [0.25, 0.3) is 22.4 Å². The molecule has 1 saturated carbocycles. The summed E-state index contributed by atoms with van der Waals surface area (Å²) in [4.78, 5) is 21.2. The minimum absolute atomic E-state index is 0.0113. The third-order valence-electron chi connectivity index (χ3n) is 7.25. The molecule has 0 spiro atoms. The fraction of sp³-hybridized carbons (Fsp3) is 0.200. The van der Waals surface area contributed by atoms with Gasteiger partial charge in [-0.3, -0.25) is 4.79 Å². The predicted octanol–water partition coefficient (Wildman–Crippen LogP) is 4.10. The standard InChI is InChI=1S/C25H17ClF2N8O/c26-12-1-3-19(35-10-30-33-34-35)14(7-12)11-5-20-15-8-16(15)23(36(20)22(37)6-11)18-9-17(25(28)31-18)13-2-4-21(29)32-24(13)27/h1-7,10,15-16,23H,8-9H2,(H2,29,32)/t15-,16+,23+/m1/s1. The van der Waals surface area contributed by atoms with Crippen LogP contribution in [0, 0.1) is 11.9 Å². The third kappa shape index (κ3) is 3.41. The van der Waals surface area contributed by atoms with Crippen LogP contribution in [0.5, 0.6) is 0 Å². The predicted molar refractivity (Wildman–Crippen MR) is 132 cm³/mol. The number of hydrogen-bond acceptors (Lipinski definition) is 7. The second-order valence-electron chi connectivity index (χ2n) is 9.37. The van der Waals surface area contributed by atoms with Crippen LogP contribution in [0.4, 0.5) is 14.6 Å². The maximum absolute atomic E-state index is 14.9. The summed E-state index contributed by atoms with van der Waals surface area (Å²) in [5, 5.41) is 11.9. The number of tetrazole rings is 1. The molecule has 0 amide bonds. The molecule has 3 atom stereocenters. The van der Waals surface area contributed by atoms with E-state index in [1.165, 1.54) is 29.2 Å².